The van der Waals surface area contributed by atoms with E-state index in [0.717, 1.165) is 11.7 Å². The van der Waals surface area contributed by atoms with Crippen LogP contribution in [0.5, 0.6) is 0 Å². The van der Waals surface area contributed by atoms with Crippen molar-refractivity contribution >= 4 is 11.5 Å². The minimum Gasteiger partial charge on any atom is -0.397 e. The number of anilines is 2. The van der Waals surface area contributed by atoms with E-state index in [0.29, 0.717) is 11.7 Å². The lowest BCUT2D eigenvalue weighted by Gasteiger charge is -2.33. The van der Waals surface area contributed by atoms with Gasteiger partial charge in [-0.1, -0.05) is 6.92 Å². The molecule has 0 aromatic carbocycles. The summed E-state index contributed by atoms with van der Waals surface area (Å²) in [6.07, 6.45) is 4.20. The summed E-state index contributed by atoms with van der Waals surface area (Å²) in [5, 5.41) is 3.37. The number of rotatable bonds is 2. The quantitative estimate of drug-likeness (QED) is 0.725. The molecule has 1 aliphatic carbocycles. The maximum Gasteiger partial charge on any atom is 0.126 e. The number of hydrogen-bond acceptors (Lipinski definition) is 3. The van der Waals surface area contributed by atoms with Crippen LogP contribution >= 0.6 is 0 Å². The fourth-order valence-corrected chi connectivity index (χ4v) is 1.72. The molecule has 0 amide bonds. The molecule has 3 heteroatoms. The first-order chi connectivity index (χ1) is 6.24. The second-order valence-corrected chi connectivity index (χ2v) is 3.89. The lowest BCUT2D eigenvalue weighted by atomic mass is 9.82. The molecule has 70 valence electrons. The van der Waals surface area contributed by atoms with Gasteiger partial charge in [0.05, 0.1) is 11.9 Å². The van der Waals surface area contributed by atoms with Gasteiger partial charge in [0, 0.05) is 6.04 Å². The number of nitrogen functional groups attached to an aromatic ring is 1. The van der Waals surface area contributed by atoms with Crippen molar-refractivity contribution in [1.29, 1.82) is 0 Å². The molecule has 0 saturated heterocycles. The van der Waals surface area contributed by atoms with Gasteiger partial charge >= 0.3 is 0 Å². The maximum absolute atomic E-state index is 5.54. The first-order valence-electron chi connectivity index (χ1n) is 4.72. The maximum atomic E-state index is 5.54. The van der Waals surface area contributed by atoms with E-state index < -0.39 is 0 Å². The van der Waals surface area contributed by atoms with Gasteiger partial charge in [-0.3, -0.25) is 0 Å². The fraction of sp³-hybridized carbons (Fsp3) is 0.500. The Morgan fingerprint density at radius 2 is 2.23 bits per heavy atom. The normalized spacial score (nSPS) is 26.5. The SMILES string of the molecule is CC1CC(Nc2ccc(N)cn2)C1. The summed E-state index contributed by atoms with van der Waals surface area (Å²) in [7, 11) is 0. The number of nitrogens with zero attached hydrogens (tertiary/aromatic N) is 1. The molecule has 1 saturated carbocycles. The van der Waals surface area contributed by atoms with Crippen LogP contribution in [0.3, 0.4) is 0 Å². The molecule has 2 rings (SSSR count). The van der Waals surface area contributed by atoms with E-state index >= 15 is 0 Å². The zero-order chi connectivity index (χ0) is 9.26. The van der Waals surface area contributed by atoms with Crippen LogP contribution in [0.4, 0.5) is 11.5 Å². The number of aromatic nitrogens is 1. The molecule has 13 heavy (non-hydrogen) atoms. The topological polar surface area (TPSA) is 50.9 Å². The Morgan fingerprint density at radius 1 is 1.46 bits per heavy atom. The number of pyridine rings is 1. The van der Waals surface area contributed by atoms with Crippen molar-refractivity contribution in [2.45, 2.75) is 25.8 Å². The van der Waals surface area contributed by atoms with Gasteiger partial charge in [0.25, 0.3) is 0 Å². The third-order valence-electron chi connectivity index (χ3n) is 2.51. The second-order valence-electron chi connectivity index (χ2n) is 3.89. The Labute approximate surface area is 78.4 Å². The zero-order valence-electron chi connectivity index (χ0n) is 7.83. The van der Waals surface area contributed by atoms with Gasteiger partial charge in [0.1, 0.15) is 5.82 Å². The zero-order valence-corrected chi connectivity index (χ0v) is 7.83. The molecule has 0 radical (unpaired) electrons. The largest absolute Gasteiger partial charge is 0.397 e. The van der Waals surface area contributed by atoms with Gasteiger partial charge in [-0.05, 0) is 30.9 Å². The first-order valence-corrected chi connectivity index (χ1v) is 4.72. The van der Waals surface area contributed by atoms with Crippen molar-refractivity contribution in [3.63, 3.8) is 0 Å². The Hall–Kier alpha value is -1.25. The predicted molar refractivity (Wildman–Crippen MR) is 54.5 cm³/mol. The number of hydrogen-bond donors (Lipinski definition) is 2. The molecule has 1 heterocycles. The van der Waals surface area contributed by atoms with Crippen molar-refractivity contribution in [1.82, 2.24) is 4.98 Å². The standard InChI is InChI=1S/C10H15N3/c1-7-4-9(5-7)13-10-3-2-8(11)6-12-10/h2-3,6-7,9H,4-5,11H2,1H3,(H,12,13). The summed E-state index contributed by atoms with van der Waals surface area (Å²) < 4.78 is 0. The third-order valence-corrected chi connectivity index (χ3v) is 2.51. The molecule has 3 N–H and O–H groups in total. The Kier molecular flexibility index (Phi) is 2.08. The number of nitrogens with one attached hydrogen (secondary N) is 1. The molecule has 3 nitrogen and oxygen atoms in total. The van der Waals surface area contributed by atoms with Crippen LogP contribution in [0.2, 0.25) is 0 Å². The average Bonchev–Trinajstić information content (AvgIpc) is 2.06. The van der Waals surface area contributed by atoms with Crippen LogP contribution in [-0.2, 0) is 0 Å². The van der Waals surface area contributed by atoms with Crippen molar-refractivity contribution in [2.75, 3.05) is 11.1 Å². The van der Waals surface area contributed by atoms with Crippen LogP contribution in [0.15, 0.2) is 18.3 Å². The second kappa shape index (κ2) is 3.24. The predicted octanol–water partition coefficient (Wildman–Crippen LogP) is 1.87. The van der Waals surface area contributed by atoms with Crippen molar-refractivity contribution in [3.05, 3.63) is 18.3 Å². The smallest absolute Gasteiger partial charge is 0.126 e. The monoisotopic (exact) mass is 177 g/mol. The molecule has 0 atom stereocenters. The summed E-state index contributed by atoms with van der Waals surface area (Å²) >= 11 is 0. The minimum atomic E-state index is 0.617. The van der Waals surface area contributed by atoms with Crippen LogP contribution in [-0.4, -0.2) is 11.0 Å². The van der Waals surface area contributed by atoms with Gasteiger partial charge in [0.15, 0.2) is 0 Å². The van der Waals surface area contributed by atoms with Crippen LogP contribution in [0.1, 0.15) is 19.8 Å². The van der Waals surface area contributed by atoms with Crippen LogP contribution in [0.25, 0.3) is 0 Å². The van der Waals surface area contributed by atoms with E-state index in [-0.39, 0.29) is 0 Å². The highest BCUT2D eigenvalue weighted by Crippen LogP contribution is 2.28. The Morgan fingerprint density at radius 3 is 2.77 bits per heavy atom. The Balaban J connectivity index is 1.91. The van der Waals surface area contributed by atoms with Gasteiger partial charge < -0.3 is 11.1 Å². The molecule has 1 fully saturated rings. The fourth-order valence-electron chi connectivity index (χ4n) is 1.72. The highest BCUT2D eigenvalue weighted by atomic mass is 15.0. The van der Waals surface area contributed by atoms with Crippen LogP contribution in [0, 0.1) is 5.92 Å². The molecule has 1 aromatic heterocycles. The molecule has 1 aliphatic rings. The summed E-state index contributed by atoms with van der Waals surface area (Å²) in [6, 6.07) is 4.42. The molecule has 0 spiro atoms. The molecule has 0 aliphatic heterocycles. The van der Waals surface area contributed by atoms with Gasteiger partial charge in [0.2, 0.25) is 0 Å². The summed E-state index contributed by atoms with van der Waals surface area (Å²) in [6.45, 7) is 2.27. The van der Waals surface area contributed by atoms with E-state index in [2.05, 4.69) is 17.2 Å². The third kappa shape index (κ3) is 1.91. The minimum absolute atomic E-state index is 0.617. The van der Waals surface area contributed by atoms with E-state index in [9.17, 15) is 0 Å². The summed E-state index contributed by atoms with van der Waals surface area (Å²) in [4.78, 5) is 4.19. The summed E-state index contributed by atoms with van der Waals surface area (Å²) in [5.41, 5.74) is 6.25. The highest BCUT2D eigenvalue weighted by Gasteiger charge is 2.24. The van der Waals surface area contributed by atoms with Crippen molar-refractivity contribution < 1.29 is 0 Å². The van der Waals surface area contributed by atoms with Gasteiger partial charge in [-0.15, -0.1) is 0 Å². The first kappa shape index (κ1) is 8.35. The van der Waals surface area contributed by atoms with Gasteiger partial charge in [-0.25, -0.2) is 4.98 Å². The average molecular weight is 177 g/mol. The van der Waals surface area contributed by atoms with Crippen LogP contribution < -0.4 is 11.1 Å². The molecular weight excluding hydrogens is 162 g/mol. The van der Waals surface area contributed by atoms with Crippen molar-refractivity contribution in [3.8, 4) is 0 Å². The lowest BCUT2D eigenvalue weighted by Crippen LogP contribution is -2.33. The van der Waals surface area contributed by atoms with Crippen molar-refractivity contribution in [2.24, 2.45) is 5.92 Å². The van der Waals surface area contributed by atoms with E-state index in [1.54, 1.807) is 6.20 Å². The summed E-state index contributed by atoms with van der Waals surface area (Å²) in [5.74, 6) is 1.80. The number of nitrogens with two attached hydrogens (primary N) is 1. The molecule has 0 bridgehead atoms. The Bertz CT molecular complexity index is 275. The van der Waals surface area contributed by atoms with E-state index in [1.165, 1.54) is 12.8 Å². The van der Waals surface area contributed by atoms with E-state index in [4.69, 9.17) is 5.73 Å². The molecule has 1 aromatic rings. The van der Waals surface area contributed by atoms with Gasteiger partial charge in [-0.2, -0.15) is 0 Å². The van der Waals surface area contributed by atoms with E-state index in [1.807, 2.05) is 12.1 Å². The molecule has 0 unspecified atom stereocenters. The molecular formula is C10H15N3. The highest BCUT2D eigenvalue weighted by molar-refractivity contribution is 5.44. The lowest BCUT2D eigenvalue weighted by molar-refractivity contribution is 0.308.